The average molecular weight is 231 g/mol. The standard InChI is InChI=1S/C9H17N3O4/c1-5(11-8(10)16)7(15)12-9(2,3)4-6(13)14/h5H,4H2,1-3H3,(H,12,15)(H,13,14)(H3,10,11,16). The van der Waals surface area contributed by atoms with Gasteiger partial charge >= 0.3 is 12.0 Å². The Balaban J connectivity index is 4.32. The van der Waals surface area contributed by atoms with Crippen LogP contribution in [-0.2, 0) is 9.59 Å². The van der Waals surface area contributed by atoms with Crippen molar-refractivity contribution in [2.24, 2.45) is 5.73 Å². The molecule has 0 radical (unpaired) electrons. The summed E-state index contributed by atoms with van der Waals surface area (Å²) in [6.45, 7) is 4.61. The van der Waals surface area contributed by atoms with E-state index in [1.165, 1.54) is 6.92 Å². The quantitative estimate of drug-likeness (QED) is 0.505. The second-order valence-corrected chi connectivity index (χ2v) is 4.17. The number of hydrogen-bond donors (Lipinski definition) is 4. The van der Waals surface area contributed by atoms with E-state index in [4.69, 9.17) is 10.8 Å². The number of aliphatic carboxylic acids is 1. The van der Waals surface area contributed by atoms with Gasteiger partial charge in [0.05, 0.1) is 6.42 Å². The highest BCUT2D eigenvalue weighted by molar-refractivity contribution is 5.87. The highest BCUT2D eigenvalue weighted by atomic mass is 16.4. The molecule has 0 fully saturated rings. The van der Waals surface area contributed by atoms with E-state index in [9.17, 15) is 14.4 Å². The molecule has 0 heterocycles. The van der Waals surface area contributed by atoms with Gasteiger partial charge in [-0.3, -0.25) is 9.59 Å². The van der Waals surface area contributed by atoms with Crippen molar-refractivity contribution in [2.45, 2.75) is 38.8 Å². The first kappa shape index (κ1) is 14.2. The van der Waals surface area contributed by atoms with Gasteiger partial charge in [0.25, 0.3) is 0 Å². The van der Waals surface area contributed by atoms with Crippen molar-refractivity contribution in [3.05, 3.63) is 0 Å². The van der Waals surface area contributed by atoms with Gasteiger partial charge in [-0.1, -0.05) is 0 Å². The Morgan fingerprint density at radius 2 is 1.88 bits per heavy atom. The molecule has 0 rings (SSSR count). The van der Waals surface area contributed by atoms with Crippen LogP contribution < -0.4 is 16.4 Å². The van der Waals surface area contributed by atoms with Crippen LogP contribution in [0.4, 0.5) is 4.79 Å². The molecule has 0 aliphatic carbocycles. The summed E-state index contributed by atoms with van der Waals surface area (Å²) in [5.74, 6) is -1.49. The highest BCUT2D eigenvalue weighted by Gasteiger charge is 2.26. The van der Waals surface area contributed by atoms with Crippen molar-refractivity contribution in [3.63, 3.8) is 0 Å². The molecule has 0 aliphatic heterocycles. The smallest absolute Gasteiger partial charge is 0.312 e. The minimum absolute atomic E-state index is 0.206. The number of carboxylic acids is 1. The number of hydrogen-bond acceptors (Lipinski definition) is 3. The molecular weight excluding hydrogens is 214 g/mol. The van der Waals surface area contributed by atoms with Crippen LogP contribution in [0, 0.1) is 0 Å². The third kappa shape index (κ3) is 5.84. The molecule has 3 amide bonds. The molecule has 7 nitrogen and oxygen atoms in total. The lowest BCUT2D eigenvalue weighted by atomic mass is 10.0. The number of rotatable bonds is 5. The summed E-state index contributed by atoms with van der Waals surface area (Å²) in [5.41, 5.74) is 3.97. The van der Waals surface area contributed by atoms with Gasteiger partial charge in [-0.25, -0.2) is 4.79 Å². The molecular formula is C9H17N3O4. The Bertz CT molecular complexity index is 301. The van der Waals surface area contributed by atoms with E-state index in [0.29, 0.717) is 0 Å². The second-order valence-electron chi connectivity index (χ2n) is 4.17. The predicted molar refractivity (Wildman–Crippen MR) is 56.7 cm³/mol. The highest BCUT2D eigenvalue weighted by Crippen LogP contribution is 2.08. The summed E-state index contributed by atoms with van der Waals surface area (Å²) < 4.78 is 0. The van der Waals surface area contributed by atoms with Crippen molar-refractivity contribution in [3.8, 4) is 0 Å². The van der Waals surface area contributed by atoms with Crippen LogP contribution in [0.25, 0.3) is 0 Å². The van der Waals surface area contributed by atoms with Gasteiger partial charge in [-0.15, -0.1) is 0 Å². The normalized spacial score (nSPS) is 12.7. The molecule has 1 atom stereocenters. The van der Waals surface area contributed by atoms with Gasteiger partial charge in [-0.2, -0.15) is 0 Å². The zero-order valence-corrected chi connectivity index (χ0v) is 9.53. The van der Waals surface area contributed by atoms with Crippen molar-refractivity contribution in [1.82, 2.24) is 10.6 Å². The third-order valence-corrected chi connectivity index (χ3v) is 1.81. The molecule has 0 bridgehead atoms. The number of nitrogens with two attached hydrogens (primary N) is 1. The van der Waals surface area contributed by atoms with Crippen LogP contribution in [0.5, 0.6) is 0 Å². The summed E-state index contributed by atoms with van der Waals surface area (Å²) in [6, 6.07) is -1.61. The third-order valence-electron chi connectivity index (χ3n) is 1.81. The van der Waals surface area contributed by atoms with Crippen LogP contribution in [0.15, 0.2) is 0 Å². The van der Waals surface area contributed by atoms with Gasteiger partial charge in [-0.05, 0) is 20.8 Å². The Kier molecular flexibility index (Phi) is 4.74. The Hall–Kier alpha value is -1.79. The van der Waals surface area contributed by atoms with Crippen LogP contribution in [0.2, 0.25) is 0 Å². The van der Waals surface area contributed by atoms with Gasteiger partial charge in [0, 0.05) is 5.54 Å². The lowest BCUT2D eigenvalue weighted by molar-refractivity contribution is -0.138. The first-order valence-corrected chi connectivity index (χ1v) is 4.74. The number of carbonyl (C=O) groups is 3. The summed E-state index contributed by atoms with van der Waals surface area (Å²) in [7, 11) is 0. The van der Waals surface area contributed by atoms with Crippen LogP contribution in [0.1, 0.15) is 27.2 Å². The average Bonchev–Trinajstić information content (AvgIpc) is 1.98. The maximum Gasteiger partial charge on any atom is 0.312 e. The molecule has 7 heteroatoms. The zero-order valence-electron chi connectivity index (χ0n) is 9.53. The molecule has 0 saturated heterocycles. The largest absolute Gasteiger partial charge is 0.481 e. The number of carboxylic acid groups (broad SMARTS) is 1. The minimum atomic E-state index is -1.01. The Labute approximate surface area is 93.4 Å². The minimum Gasteiger partial charge on any atom is -0.481 e. The number of amides is 3. The lowest BCUT2D eigenvalue weighted by Gasteiger charge is -2.26. The van der Waals surface area contributed by atoms with Crippen molar-refractivity contribution >= 4 is 17.9 Å². The van der Waals surface area contributed by atoms with Crippen molar-refractivity contribution < 1.29 is 19.5 Å². The summed E-state index contributed by atoms with van der Waals surface area (Å²) in [6.07, 6.45) is -0.206. The van der Waals surface area contributed by atoms with E-state index in [-0.39, 0.29) is 6.42 Å². The van der Waals surface area contributed by atoms with E-state index in [1.54, 1.807) is 13.8 Å². The fraction of sp³-hybridized carbons (Fsp3) is 0.667. The summed E-state index contributed by atoms with van der Waals surface area (Å²) >= 11 is 0. The maximum absolute atomic E-state index is 11.5. The molecule has 0 aliphatic rings. The number of urea groups is 1. The first-order chi connectivity index (χ1) is 7.14. The summed E-state index contributed by atoms with van der Waals surface area (Å²) in [4.78, 5) is 32.5. The van der Waals surface area contributed by atoms with Gasteiger partial charge in [0.15, 0.2) is 0 Å². The second kappa shape index (κ2) is 5.34. The van der Waals surface area contributed by atoms with E-state index in [1.807, 2.05) is 0 Å². The summed E-state index contributed by atoms with van der Waals surface area (Å²) in [5, 5.41) is 13.3. The SMILES string of the molecule is CC(NC(N)=O)C(=O)NC(C)(C)CC(=O)O. The van der Waals surface area contributed by atoms with Crippen molar-refractivity contribution in [1.29, 1.82) is 0 Å². The molecule has 0 spiro atoms. The topological polar surface area (TPSA) is 122 Å². The molecule has 5 N–H and O–H groups in total. The van der Waals surface area contributed by atoms with Gasteiger partial charge in [0.1, 0.15) is 6.04 Å². The van der Waals surface area contributed by atoms with E-state index in [2.05, 4.69) is 10.6 Å². The Morgan fingerprint density at radius 1 is 1.38 bits per heavy atom. The zero-order chi connectivity index (χ0) is 12.9. The molecule has 16 heavy (non-hydrogen) atoms. The molecule has 92 valence electrons. The van der Waals surface area contributed by atoms with E-state index < -0.39 is 29.5 Å². The fourth-order valence-electron chi connectivity index (χ4n) is 1.14. The molecule has 0 saturated carbocycles. The predicted octanol–water partition coefficient (Wildman–Crippen LogP) is -0.587. The number of primary amides is 1. The van der Waals surface area contributed by atoms with E-state index >= 15 is 0 Å². The van der Waals surface area contributed by atoms with E-state index in [0.717, 1.165) is 0 Å². The fourth-order valence-corrected chi connectivity index (χ4v) is 1.14. The Morgan fingerprint density at radius 3 is 2.25 bits per heavy atom. The monoisotopic (exact) mass is 231 g/mol. The molecule has 0 aromatic carbocycles. The lowest BCUT2D eigenvalue weighted by Crippen LogP contribution is -2.53. The molecule has 0 aromatic rings. The maximum atomic E-state index is 11.5. The molecule has 0 aromatic heterocycles. The van der Waals surface area contributed by atoms with Gasteiger partial charge in [0.2, 0.25) is 5.91 Å². The van der Waals surface area contributed by atoms with Crippen LogP contribution in [0.3, 0.4) is 0 Å². The van der Waals surface area contributed by atoms with Crippen molar-refractivity contribution in [2.75, 3.05) is 0 Å². The van der Waals surface area contributed by atoms with Crippen LogP contribution >= 0.6 is 0 Å². The van der Waals surface area contributed by atoms with Crippen LogP contribution in [-0.4, -0.2) is 34.6 Å². The number of nitrogens with one attached hydrogen (secondary N) is 2. The first-order valence-electron chi connectivity index (χ1n) is 4.74. The molecule has 1 unspecified atom stereocenters. The van der Waals surface area contributed by atoms with Gasteiger partial charge < -0.3 is 21.5 Å². The number of carbonyl (C=O) groups excluding carboxylic acids is 2.